The number of fused-ring (bicyclic) bond motifs is 1. The maximum atomic E-state index is 12.4. The molecule has 0 fully saturated rings. The number of esters is 1. The fourth-order valence-corrected chi connectivity index (χ4v) is 2.92. The van der Waals surface area contributed by atoms with E-state index in [-0.39, 0.29) is 11.9 Å². The van der Waals surface area contributed by atoms with E-state index < -0.39 is 5.97 Å². The van der Waals surface area contributed by atoms with Crippen LogP contribution in [-0.4, -0.2) is 23.8 Å². The molecule has 2 rings (SSSR count). The lowest BCUT2D eigenvalue weighted by atomic mass is 9.98. The second-order valence-electron chi connectivity index (χ2n) is 5.93. The smallest absolute Gasteiger partial charge is 0.342 e. The maximum Gasteiger partial charge on any atom is 0.342 e. The minimum Gasteiger partial charge on any atom is -0.507 e. The highest BCUT2D eigenvalue weighted by Crippen LogP contribution is 2.31. The molecule has 1 heterocycles. The van der Waals surface area contributed by atoms with E-state index in [1.807, 2.05) is 19.9 Å². The molecule has 0 aromatic heterocycles. The second kappa shape index (κ2) is 8.06. The van der Waals surface area contributed by atoms with Gasteiger partial charge in [0, 0.05) is 6.07 Å². The van der Waals surface area contributed by atoms with Gasteiger partial charge in [-0.15, -0.1) is 0 Å². The number of carbonyl (C=O) groups is 1. The molecule has 0 bridgehead atoms. The van der Waals surface area contributed by atoms with E-state index in [1.54, 1.807) is 0 Å². The lowest BCUT2D eigenvalue weighted by molar-refractivity contribution is 0.0314. The van der Waals surface area contributed by atoms with Crippen LogP contribution in [0.25, 0.3) is 0 Å². The van der Waals surface area contributed by atoms with E-state index in [0.717, 1.165) is 37.7 Å². The lowest BCUT2D eigenvalue weighted by Gasteiger charge is -2.18. The van der Waals surface area contributed by atoms with Gasteiger partial charge in [0.2, 0.25) is 0 Å². The SMILES string of the molecule is CCOc1cc(O)c2c(c1)CCCCCCC[C@@H](C)OC2=O. The van der Waals surface area contributed by atoms with Gasteiger partial charge in [0.25, 0.3) is 0 Å². The Morgan fingerprint density at radius 2 is 1.95 bits per heavy atom. The van der Waals surface area contributed by atoms with Crippen LogP contribution in [0.2, 0.25) is 0 Å². The summed E-state index contributed by atoms with van der Waals surface area (Å²) in [7, 11) is 0. The first-order chi connectivity index (χ1) is 10.6. The normalized spacial score (nSPS) is 20.3. The zero-order valence-electron chi connectivity index (χ0n) is 13.6. The lowest BCUT2D eigenvalue weighted by Crippen LogP contribution is -2.17. The van der Waals surface area contributed by atoms with Gasteiger partial charge in [-0.05, 0) is 51.2 Å². The average Bonchev–Trinajstić information content (AvgIpc) is 2.44. The monoisotopic (exact) mass is 306 g/mol. The minimum atomic E-state index is -0.427. The van der Waals surface area contributed by atoms with Gasteiger partial charge in [0.1, 0.15) is 17.1 Å². The summed E-state index contributed by atoms with van der Waals surface area (Å²) in [4.78, 5) is 12.4. The Hall–Kier alpha value is -1.71. The average molecular weight is 306 g/mol. The van der Waals surface area contributed by atoms with Crippen LogP contribution in [-0.2, 0) is 11.2 Å². The number of rotatable bonds is 2. The molecule has 4 heteroatoms. The van der Waals surface area contributed by atoms with E-state index in [9.17, 15) is 9.90 Å². The van der Waals surface area contributed by atoms with Crippen molar-refractivity contribution in [2.45, 2.75) is 64.9 Å². The molecule has 122 valence electrons. The van der Waals surface area contributed by atoms with E-state index >= 15 is 0 Å². The summed E-state index contributed by atoms with van der Waals surface area (Å²) in [5.74, 6) is 0.130. The molecule has 1 aliphatic heterocycles. The Kier molecular flexibility index (Phi) is 6.10. The Labute approximate surface area is 132 Å². The van der Waals surface area contributed by atoms with Crippen LogP contribution in [0.3, 0.4) is 0 Å². The van der Waals surface area contributed by atoms with Gasteiger partial charge in [-0.2, -0.15) is 0 Å². The molecule has 0 radical (unpaired) electrons. The Balaban J connectivity index is 2.32. The summed E-state index contributed by atoms with van der Waals surface area (Å²) in [6.45, 7) is 4.33. The molecule has 0 saturated heterocycles. The number of aromatic hydroxyl groups is 1. The molecule has 0 spiro atoms. The second-order valence-corrected chi connectivity index (χ2v) is 5.93. The van der Waals surface area contributed by atoms with E-state index in [0.29, 0.717) is 17.9 Å². The van der Waals surface area contributed by atoms with E-state index in [4.69, 9.17) is 9.47 Å². The van der Waals surface area contributed by atoms with Gasteiger partial charge in [-0.3, -0.25) is 0 Å². The quantitative estimate of drug-likeness (QED) is 0.831. The van der Waals surface area contributed by atoms with Crippen LogP contribution in [0.4, 0.5) is 0 Å². The van der Waals surface area contributed by atoms with Crippen molar-refractivity contribution in [3.05, 3.63) is 23.3 Å². The summed E-state index contributed by atoms with van der Waals surface area (Å²) in [6.07, 6.45) is 7.12. The number of benzene rings is 1. The van der Waals surface area contributed by atoms with Crippen LogP contribution in [0.5, 0.6) is 11.5 Å². The summed E-state index contributed by atoms with van der Waals surface area (Å²) < 4.78 is 11.0. The molecule has 22 heavy (non-hydrogen) atoms. The largest absolute Gasteiger partial charge is 0.507 e. The highest BCUT2D eigenvalue weighted by atomic mass is 16.5. The number of aryl methyl sites for hydroxylation is 1. The van der Waals surface area contributed by atoms with Gasteiger partial charge in [0.15, 0.2) is 0 Å². The molecule has 1 aliphatic rings. The third-order valence-electron chi connectivity index (χ3n) is 4.05. The number of hydrogen-bond donors (Lipinski definition) is 1. The Bertz CT molecular complexity index is 510. The van der Waals surface area contributed by atoms with Crippen molar-refractivity contribution in [2.75, 3.05) is 6.61 Å². The summed E-state index contributed by atoms with van der Waals surface area (Å²) in [5.41, 5.74) is 1.12. The van der Waals surface area contributed by atoms with Gasteiger partial charge in [-0.1, -0.05) is 19.3 Å². The van der Waals surface area contributed by atoms with Crippen LogP contribution in [0.15, 0.2) is 12.1 Å². The molecule has 1 aromatic carbocycles. The standard InChI is InChI=1S/C18H26O4/c1-3-21-15-11-14-10-8-6-4-5-7-9-13(2)22-18(20)17(14)16(19)12-15/h11-13,19H,3-10H2,1-2H3/t13-/m1/s1. The first-order valence-electron chi connectivity index (χ1n) is 8.31. The third kappa shape index (κ3) is 4.39. The van der Waals surface area contributed by atoms with Gasteiger partial charge in [0.05, 0.1) is 12.7 Å². The zero-order chi connectivity index (χ0) is 15.9. The molecule has 0 saturated carbocycles. The van der Waals surface area contributed by atoms with Crippen molar-refractivity contribution in [1.82, 2.24) is 0 Å². The summed E-state index contributed by atoms with van der Waals surface area (Å²) in [5, 5.41) is 10.2. The highest BCUT2D eigenvalue weighted by Gasteiger charge is 2.21. The first-order valence-corrected chi connectivity index (χ1v) is 8.31. The topological polar surface area (TPSA) is 55.8 Å². The van der Waals surface area contributed by atoms with Crippen LogP contribution in [0.1, 0.15) is 68.3 Å². The van der Waals surface area contributed by atoms with Crippen molar-refractivity contribution in [1.29, 1.82) is 0 Å². The molecule has 1 N–H and O–H groups in total. The van der Waals surface area contributed by atoms with Gasteiger partial charge in [-0.25, -0.2) is 4.79 Å². The van der Waals surface area contributed by atoms with Gasteiger partial charge < -0.3 is 14.6 Å². The minimum absolute atomic E-state index is 0.0461. The molecular formula is C18H26O4. The predicted molar refractivity (Wildman–Crippen MR) is 85.6 cm³/mol. The Morgan fingerprint density at radius 3 is 2.73 bits per heavy atom. The van der Waals surface area contributed by atoms with Crippen LogP contribution < -0.4 is 4.74 Å². The van der Waals surface area contributed by atoms with E-state index in [2.05, 4.69) is 0 Å². The van der Waals surface area contributed by atoms with Crippen molar-refractivity contribution >= 4 is 5.97 Å². The number of cyclic esters (lactones) is 1. The van der Waals surface area contributed by atoms with E-state index in [1.165, 1.54) is 18.9 Å². The molecular weight excluding hydrogens is 280 g/mol. The number of ether oxygens (including phenoxy) is 2. The Morgan fingerprint density at radius 1 is 1.23 bits per heavy atom. The van der Waals surface area contributed by atoms with Crippen molar-refractivity contribution in [3.63, 3.8) is 0 Å². The fourth-order valence-electron chi connectivity index (χ4n) is 2.92. The maximum absolute atomic E-state index is 12.4. The van der Waals surface area contributed by atoms with Crippen LogP contribution in [0, 0.1) is 0 Å². The number of hydrogen-bond acceptors (Lipinski definition) is 4. The third-order valence-corrected chi connectivity index (χ3v) is 4.05. The van der Waals surface area contributed by atoms with Crippen molar-refractivity contribution < 1.29 is 19.4 Å². The van der Waals surface area contributed by atoms with Crippen LogP contribution >= 0.6 is 0 Å². The molecule has 0 amide bonds. The molecule has 4 nitrogen and oxygen atoms in total. The number of carbonyl (C=O) groups excluding carboxylic acids is 1. The molecule has 1 atom stereocenters. The molecule has 0 aliphatic carbocycles. The summed E-state index contributed by atoms with van der Waals surface area (Å²) in [6, 6.07) is 3.36. The van der Waals surface area contributed by atoms with Gasteiger partial charge >= 0.3 is 5.97 Å². The summed E-state index contributed by atoms with van der Waals surface area (Å²) >= 11 is 0. The van der Waals surface area contributed by atoms with Crippen molar-refractivity contribution in [2.24, 2.45) is 0 Å². The zero-order valence-corrected chi connectivity index (χ0v) is 13.6. The fraction of sp³-hybridized carbons (Fsp3) is 0.611. The molecule has 0 unspecified atom stereocenters. The predicted octanol–water partition coefficient (Wildman–Crippen LogP) is 4.23. The number of phenolic OH excluding ortho intramolecular Hbond substituents is 1. The van der Waals surface area contributed by atoms with Crippen molar-refractivity contribution in [3.8, 4) is 11.5 Å². The molecule has 1 aromatic rings. The number of phenols is 1. The first kappa shape index (κ1) is 16.7. The highest BCUT2D eigenvalue weighted by molar-refractivity contribution is 5.94.